The second-order valence-corrected chi connectivity index (χ2v) is 12.0. The summed E-state index contributed by atoms with van der Waals surface area (Å²) < 4.78 is 42.7. The van der Waals surface area contributed by atoms with Crippen molar-refractivity contribution in [1.82, 2.24) is 0 Å². The first-order valence-corrected chi connectivity index (χ1v) is 17.3. The fourth-order valence-corrected chi connectivity index (χ4v) is 5.81. The summed E-state index contributed by atoms with van der Waals surface area (Å²) >= 11 is 0. The molecule has 0 bridgehead atoms. The van der Waals surface area contributed by atoms with Crippen molar-refractivity contribution in [3.05, 3.63) is 164 Å². The van der Waals surface area contributed by atoms with Gasteiger partial charge in [0, 0.05) is 40.5 Å². The molecule has 2 unspecified atom stereocenters. The predicted octanol–water partition coefficient (Wildman–Crippen LogP) is 8.01. The molecule has 1 aliphatic rings. The smallest absolute Gasteiger partial charge is 0.330 e. The Labute approximate surface area is 308 Å². The maximum Gasteiger partial charge on any atom is 0.330 e. The van der Waals surface area contributed by atoms with Crippen LogP contribution in [0.3, 0.4) is 0 Å². The molecule has 0 amide bonds. The zero-order valence-electron chi connectivity index (χ0n) is 29.2. The number of para-hydroxylation sites is 3. The molecular formula is C44H40O9. The Morgan fingerprint density at radius 3 is 1.43 bits per heavy atom. The van der Waals surface area contributed by atoms with Crippen molar-refractivity contribution in [2.45, 2.75) is 25.0 Å². The Kier molecular flexibility index (Phi) is 12.4. The van der Waals surface area contributed by atoms with Crippen LogP contribution < -0.4 is 23.7 Å². The van der Waals surface area contributed by atoms with Crippen LogP contribution in [0.1, 0.15) is 11.1 Å². The molecule has 9 nitrogen and oxygen atoms in total. The molecular weight excluding hydrogens is 672 g/mol. The lowest BCUT2D eigenvalue weighted by Crippen LogP contribution is -2.31. The highest BCUT2D eigenvalue weighted by Gasteiger charge is 2.28. The molecule has 0 fully saturated rings. The third-order valence-corrected chi connectivity index (χ3v) is 8.29. The second-order valence-electron chi connectivity index (χ2n) is 12.0. The van der Waals surface area contributed by atoms with Crippen molar-refractivity contribution in [3.8, 4) is 28.7 Å². The zero-order chi connectivity index (χ0) is 36.8. The first kappa shape index (κ1) is 36.3. The molecule has 270 valence electrons. The van der Waals surface area contributed by atoms with E-state index in [1.54, 1.807) is 0 Å². The molecule has 1 aliphatic carbocycles. The quantitative estimate of drug-likeness (QED) is 0.0661. The van der Waals surface area contributed by atoms with Crippen LogP contribution in [0, 0.1) is 0 Å². The van der Waals surface area contributed by atoms with Gasteiger partial charge in [0.1, 0.15) is 60.9 Å². The summed E-state index contributed by atoms with van der Waals surface area (Å²) in [5.74, 6) is 2.78. The van der Waals surface area contributed by atoms with Crippen LogP contribution in [0.25, 0.3) is 10.8 Å². The molecule has 5 aromatic carbocycles. The fraction of sp³-hybridized carbons (Fsp3) is 0.182. The van der Waals surface area contributed by atoms with E-state index in [0.717, 1.165) is 39.8 Å². The number of hydrogen-bond acceptors (Lipinski definition) is 9. The molecule has 2 atom stereocenters. The lowest BCUT2D eigenvalue weighted by molar-refractivity contribution is -0.147. The van der Waals surface area contributed by atoms with Crippen LogP contribution in [-0.4, -0.2) is 50.6 Å². The van der Waals surface area contributed by atoms with Crippen LogP contribution in [0.2, 0.25) is 0 Å². The van der Waals surface area contributed by atoms with Crippen molar-refractivity contribution >= 4 is 22.7 Å². The van der Waals surface area contributed by atoms with Crippen molar-refractivity contribution < 1.29 is 42.7 Å². The van der Waals surface area contributed by atoms with E-state index in [0.29, 0.717) is 41.6 Å². The Morgan fingerprint density at radius 1 is 0.547 bits per heavy atom. The van der Waals surface area contributed by atoms with Crippen LogP contribution in [0.15, 0.2) is 152 Å². The maximum atomic E-state index is 12.4. The lowest BCUT2D eigenvalue weighted by Gasteiger charge is -2.27. The average Bonchev–Trinajstić information content (AvgIpc) is 3.20. The molecule has 0 N–H and O–H groups in total. The molecule has 6 rings (SSSR count). The molecule has 53 heavy (non-hydrogen) atoms. The minimum atomic E-state index is -0.755. The number of hydrogen-bond donors (Lipinski definition) is 0. The Balaban J connectivity index is 1.32. The molecule has 0 aromatic heterocycles. The zero-order valence-corrected chi connectivity index (χ0v) is 29.2. The Bertz CT molecular complexity index is 2040. The largest absolute Gasteiger partial charge is 0.490 e. The van der Waals surface area contributed by atoms with Crippen molar-refractivity contribution in [2.75, 3.05) is 26.4 Å². The van der Waals surface area contributed by atoms with E-state index in [2.05, 4.69) is 13.2 Å². The third kappa shape index (κ3) is 9.86. The predicted molar refractivity (Wildman–Crippen MR) is 202 cm³/mol. The van der Waals surface area contributed by atoms with E-state index in [9.17, 15) is 9.59 Å². The molecule has 0 aliphatic heterocycles. The topological polar surface area (TPSA) is 98.8 Å². The molecule has 0 spiro atoms. The average molecular weight is 713 g/mol. The van der Waals surface area contributed by atoms with Gasteiger partial charge in [-0.25, -0.2) is 9.59 Å². The number of esters is 2. The molecule has 0 radical (unpaired) electrons. The van der Waals surface area contributed by atoms with Gasteiger partial charge < -0.3 is 33.2 Å². The number of benzene rings is 5. The first-order chi connectivity index (χ1) is 26.0. The van der Waals surface area contributed by atoms with Gasteiger partial charge in [-0.1, -0.05) is 92.0 Å². The minimum Gasteiger partial charge on any atom is -0.490 e. The maximum absolute atomic E-state index is 12.4. The number of fused-ring (bicyclic) bond motifs is 2. The van der Waals surface area contributed by atoms with Gasteiger partial charge in [0.15, 0.2) is 12.2 Å². The number of rotatable bonds is 18. The molecule has 0 saturated heterocycles. The van der Waals surface area contributed by atoms with Gasteiger partial charge in [0.05, 0.1) is 0 Å². The summed E-state index contributed by atoms with van der Waals surface area (Å²) in [6, 6.07) is 35.9. The summed E-state index contributed by atoms with van der Waals surface area (Å²) in [6.45, 7) is 7.22. The summed E-state index contributed by atoms with van der Waals surface area (Å²) in [7, 11) is 0. The monoisotopic (exact) mass is 712 g/mol. The highest BCUT2D eigenvalue weighted by molar-refractivity contribution is 5.96. The van der Waals surface area contributed by atoms with E-state index in [1.165, 1.54) is 0 Å². The molecule has 0 heterocycles. The molecule has 0 saturated carbocycles. The SMILES string of the molecule is C=CC(=O)OC(COc1ccccc1)COc1c2c(c(OCC(COc3ccccc3)OC(=O)C=C)c3ccccc13)CC(Oc1ccccc1)=CC2. The van der Waals surface area contributed by atoms with E-state index < -0.39 is 24.1 Å². The lowest BCUT2D eigenvalue weighted by atomic mass is 9.89. The van der Waals surface area contributed by atoms with Gasteiger partial charge in [0.2, 0.25) is 0 Å². The first-order valence-electron chi connectivity index (χ1n) is 17.3. The Morgan fingerprint density at radius 2 is 0.962 bits per heavy atom. The van der Waals surface area contributed by atoms with Crippen LogP contribution in [-0.2, 0) is 31.9 Å². The van der Waals surface area contributed by atoms with Gasteiger partial charge in [0.25, 0.3) is 0 Å². The van der Waals surface area contributed by atoms with Crippen LogP contribution >= 0.6 is 0 Å². The minimum absolute atomic E-state index is 0.00194. The van der Waals surface area contributed by atoms with Crippen molar-refractivity contribution in [2.24, 2.45) is 0 Å². The van der Waals surface area contributed by atoms with Crippen LogP contribution in [0.4, 0.5) is 0 Å². The van der Waals surface area contributed by atoms with E-state index in [4.69, 9.17) is 33.2 Å². The normalized spacial score (nSPS) is 12.9. The van der Waals surface area contributed by atoms with E-state index in [-0.39, 0.29) is 26.4 Å². The van der Waals surface area contributed by atoms with Crippen molar-refractivity contribution in [1.29, 1.82) is 0 Å². The number of allylic oxidation sites excluding steroid dienone is 2. The van der Waals surface area contributed by atoms with Gasteiger partial charge in [-0.2, -0.15) is 0 Å². The van der Waals surface area contributed by atoms with Gasteiger partial charge in [-0.3, -0.25) is 0 Å². The van der Waals surface area contributed by atoms with Crippen LogP contribution in [0.5, 0.6) is 28.7 Å². The van der Waals surface area contributed by atoms with Gasteiger partial charge in [-0.15, -0.1) is 0 Å². The number of carbonyl (C=O) groups is 2. The Hall–Kier alpha value is -6.48. The van der Waals surface area contributed by atoms with E-state index in [1.807, 2.05) is 121 Å². The number of ether oxygens (including phenoxy) is 7. The van der Waals surface area contributed by atoms with E-state index >= 15 is 0 Å². The summed E-state index contributed by atoms with van der Waals surface area (Å²) in [6.07, 6.45) is 3.62. The molecule has 5 aromatic rings. The third-order valence-electron chi connectivity index (χ3n) is 8.29. The molecule has 9 heteroatoms. The van der Waals surface area contributed by atoms with Gasteiger partial charge >= 0.3 is 11.9 Å². The fourth-order valence-electron chi connectivity index (χ4n) is 5.81. The summed E-state index contributed by atoms with van der Waals surface area (Å²) in [5.41, 5.74) is 1.74. The second kappa shape index (κ2) is 18.1. The summed E-state index contributed by atoms with van der Waals surface area (Å²) in [4.78, 5) is 24.7. The highest BCUT2D eigenvalue weighted by Crippen LogP contribution is 2.44. The highest BCUT2D eigenvalue weighted by atomic mass is 16.6. The van der Waals surface area contributed by atoms with Gasteiger partial charge in [-0.05, 0) is 48.9 Å². The number of carbonyl (C=O) groups excluding carboxylic acids is 2. The standard InChI is InChI=1S/C44H40O9/c1-3-41(45)52-35(27-47-31-16-8-5-9-17-31)29-49-43-37-22-14-15-23-38(37)44(40-26-34(24-25-39(40)43)51-33-20-12-7-13-21-33)50-30-36(53-42(46)4-2)28-48-32-18-10-6-11-19-32/h3-24,35-36H,1-2,25-30H2. The van der Waals surface area contributed by atoms with Crippen molar-refractivity contribution in [3.63, 3.8) is 0 Å². The summed E-state index contributed by atoms with van der Waals surface area (Å²) in [5, 5.41) is 1.57.